The molecule has 0 radical (unpaired) electrons. The minimum absolute atomic E-state index is 0.0536. The van der Waals surface area contributed by atoms with Crippen molar-refractivity contribution < 1.29 is 31.1 Å². The van der Waals surface area contributed by atoms with E-state index in [1.807, 2.05) is 0 Å². The van der Waals surface area contributed by atoms with Gasteiger partial charge in [-0.25, -0.2) is 4.98 Å². The van der Waals surface area contributed by atoms with E-state index in [9.17, 15) is 31.1 Å². The van der Waals surface area contributed by atoms with Crippen molar-refractivity contribution in [2.75, 3.05) is 17.7 Å². The molecule has 0 saturated carbocycles. The van der Waals surface area contributed by atoms with Crippen LogP contribution in [0, 0.1) is 0 Å². The van der Waals surface area contributed by atoms with Crippen LogP contribution in [0.25, 0.3) is 0 Å². The van der Waals surface area contributed by atoms with Crippen molar-refractivity contribution in [3.63, 3.8) is 0 Å². The first-order chi connectivity index (χ1) is 12.9. The molecule has 0 atom stereocenters. The van der Waals surface area contributed by atoms with Crippen LogP contribution in [-0.4, -0.2) is 29.2 Å². The van der Waals surface area contributed by atoms with E-state index < -0.39 is 23.2 Å². The van der Waals surface area contributed by atoms with Gasteiger partial charge in [-0.15, -0.1) is 11.8 Å². The van der Waals surface area contributed by atoms with Crippen LogP contribution in [-0.2, 0) is 6.18 Å². The molecule has 1 aromatic heterocycles. The Hall–Kier alpha value is -1.88. The zero-order valence-corrected chi connectivity index (χ0v) is 16.2. The molecule has 0 aliphatic rings. The number of rotatable bonds is 5. The summed E-state index contributed by atoms with van der Waals surface area (Å²) in [5.74, 6) is -0.0929. The third-order valence-electron chi connectivity index (χ3n) is 3.44. The van der Waals surface area contributed by atoms with Gasteiger partial charge in [0.05, 0.1) is 11.1 Å². The standard InChI is InChI=1S/C17H14F6N2OS2/c1-3-27-13-8-10(16(18,19)20)4-6-12(13)15(26)25(2)14-7-5-11(9-24-14)28-17(21,22)23/h4-9H,3H2,1-2H3. The Balaban J connectivity index is 2.29. The highest BCUT2D eigenvalue weighted by Crippen LogP contribution is 2.37. The van der Waals surface area contributed by atoms with Gasteiger partial charge < -0.3 is 0 Å². The highest BCUT2D eigenvalue weighted by Gasteiger charge is 2.32. The van der Waals surface area contributed by atoms with E-state index in [1.165, 1.54) is 19.2 Å². The number of thioether (sulfide) groups is 2. The summed E-state index contributed by atoms with van der Waals surface area (Å²) in [5.41, 5.74) is -5.27. The lowest BCUT2D eigenvalue weighted by molar-refractivity contribution is -0.137. The molecule has 0 aliphatic carbocycles. The lowest BCUT2D eigenvalue weighted by Gasteiger charge is -2.19. The molecule has 0 bridgehead atoms. The van der Waals surface area contributed by atoms with E-state index in [0.29, 0.717) is 5.75 Å². The Bertz CT molecular complexity index is 837. The van der Waals surface area contributed by atoms with Crippen molar-refractivity contribution in [3.8, 4) is 0 Å². The number of carbonyl (C=O) groups excluding carboxylic acids is 1. The molecule has 0 fully saturated rings. The zero-order valence-electron chi connectivity index (χ0n) is 14.6. The molecule has 0 unspecified atom stereocenters. The number of aromatic nitrogens is 1. The second-order valence-electron chi connectivity index (χ2n) is 5.41. The molecule has 1 heterocycles. The molecule has 2 aromatic rings. The molecular weight excluding hydrogens is 426 g/mol. The predicted molar refractivity (Wildman–Crippen MR) is 96.7 cm³/mol. The van der Waals surface area contributed by atoms with Crippen LogP contribution in [0.2, 0.25) is 0 Å². The smallest absolute Gasteiger partial charge is 0.296 e. The Morgan fingerprint density at radius 1 is 1.11 bits per heavy atom. The first-order valence-electron chi connectivity index (χ1n) is 7.76. The number of anilines is 1. The number of carbonyl (C=O) groups is 1. The summed E-state index contributed by atoms with van der Waals surface area (Å²) in [7, 11) is 1.35. The molecule has 11 heteroatoms. The van der Waals surface area contributed by atoms with Crippen LogP contribution >= 0.6 is 23.5 Å². The third kappa shape index (κ3) is 5.81. The molecule has 3 nitrogen and oxygen atoms in total. The first kappa shape index (κ1) is 22.4. The van der Waals surface area contributed by atoms with Crippen molar-refractivity contribution >= 4 is 35.2 Å². The maximum atomic E-state index is 12.9. The number of amides is 1. The van der Waals surface area contributed by atoms with E-state index in [4.69, 9.17) is 0 Å². The minimum Gasteiger partial charge on any atom is -0.296 e. The predicted octanol–water partition coefficient (Wildman–Crippen LogP) is 6.10. The summed E-state index contributed by atoms with van der Waals surface area (Å²) in [6, 6.07) is 5.22. The van der Waals surface area contributed by atoms with Crippen LogP contribution < -0.4 is 4.90 Å². The number of hydrogen-bond acceptors (Lipinski definition) is 4. The normalized spacial score (nSPS) is 12.1. The van der Waals surface area contributed by atoms with Gasteiger partial charge in [0.1, 0.15) is 5.82 Å². The SMILES string of the molecule is CCSc1cc(C(F)(F)F)ccc1C(=O)N(C)c1ccc(SC(F)(F)F)cn1. The van der Waals surface area contributed by atoms with Crippen LogP contribution in [0.1, 0.15) is 22.8 Å². The highest BCUT2D eigenvalue weighted by molar-refractivity contribution is 8.00. The van der Waals surface area contributed by atoms with Crippen molar-refractivity contribution in [2.24, 2.45) is 0 Å². The lowest BCUT2D eigenvalue weighted by atomic mass is 10.1. The van der Waals surface area contributed by atoms with Gasteiger partial charge in [-0.05, 0) is 47.8 Å². The molecule has 0 saturated heterocycles. The van der Waals surface area contributed by atoms with Crippen molar-refractivity contribution in [2.45, 2.75) is 28.4 Å². The summed E-state index contributed by atoms with van der Waals surface area (Å²) >= 11 is 0.749. The van der Waals surface area contributed by atoms with Gasteiger partial charge in [-0.3, -0.25) is 9.69 Å². The number of benzene rings is 1. The molecule has 0 spiro atoms. The Labute approximate surface area is 165 Å². The third-order valence-corrected chi connectivity index (χ3v) is 5.09. The summed E-state index contributed by atoms with van der Waals surface area (Å²) in [4.78, 5) is 17.7. The topological polar surface area (TPSA) is 33.2 Å². The Kier molecular flexibility index (Phi) is 6.92. The van der Waals surface area contributed by atoms with Crippen LogP contribution in [0.5, 0.6) is 0 Å². The van der Waals surface area contributed by atoms with Crippen molar-refractivity contribution in [3.05, 3.63) is 47.7 Å². The van der Waals surface area contributed by atoms with Crippen LogP contribution in [0.15, 0.2) is 46.3 Å². The van der Waals surface area contributed by atoms with E-state index in [1.54, 1.807) is 6.92 Å². The largest absolute Gasteiger partial charge is 0.446 e. The van der Waals surface area contributed by atoms with Gasteiger partial charge in [0.25, 0.3) is 5.91 Å². The van der Waals surface area contributed by atoms with E-state index in [-0.39, 0.29) is 32.9 Å². The fourth-order valence-electron chi connectivity index (χ4n) is 2.20. The number of hydrogen-bond donors (Lipinski definition) is 0. The summed E-state index contributed by atoms with van der Waals surface area (Å²) in [5, 5.41) is 0. The molecule has 0 aliphatic heterocycles. The van der Waals surface area contributed by atoms with Gasteiger partial charge in [-0.1, -0.05) is 6.92 Å². The average molecular weight is 440 g/mol. The summed E-state index contributed by atoms with van der Waals surface area (Å²) in [6.45, 7) is 1.74. The molecular formula is C17H14F6N2OS2. The zero-order chi connectivity index (χ0) is 21.1. The van der Waals surface area contributed by atoms with Gasteiger partial charge in [0.2, 0.25) is 0 Å². The Morgan fingerprint density at radius 2 is 1.79 bits per heavy atom. The van der Waals surface area contributed by atoms with Crippen molar-refractivity contribution in [1.29, 1.82) is 0 Å². The molecule has 2 rings (SSSR count). The fourth-order valence-corrected chi connectivity index (χ4v) is 3.54. The highest BCUT2D eigenvalue weighted by atomic mass is 32.2. The van der Waals surface area contributed by atoms with E-state index in [0.717, 1.165) is 41.1 Å². The van der Waals surface area contributed by atoms with Crippen LogP contribution in [0.4, 0.5) is 32.2 Å². The number of halogens is 6. The van der Waals surface area contributed by atoms with Crippen molar-refractivity contribution in [1.82, 2.24) is 4.98 Å². The monoisotopic (exact) mass is 440 g/mol. The average Bonchev–Trinajstić information content (AvgIpc) is 2.59. The van der Waals surface area contributed by atoms with Crippen LogP contribution in [0.3, 0.4) is 0 Å². The Morgan fingerprint density at radius 3 is 2.29 bits per heavy atom. The molecule has 28 heavy (non-hydrogen) atoms. The molecule has 1 aromatic carbocycles. The van der Waals surface area contributed by atoms with Gasteiger partial charge >= 0.3 is 11.7 Å². The first-order valence-corrected chi connectivity index (χ1v) is 9.56. The number of pyridine rings is 1. The maximum absolute atomic E-state index is 12.9. The maximum Gasteiger partial charge on any atom is 0.446 e. The fraction of sp³-hybridized carbons (Fsp3) is 0.294. The number of nitrogens with zero attached hydrogens (tertiary/aromatic N) is 2. The second-order valence-corrected chi connectivity index (χ2v) is 7.85. The molecule has 152 valence electrons. The van der Waals surface area contributed by atoms with Gasteiger partial charge in [-0.2, -0.15) is 26.3 Å². The second kappa shape index (κ2) is 8.64. The van der Waals surface area contributed by atoms with Gasteiger partial charge in [0.15, 0.2) is 0 Å². The lowest BCUT2D eigenvalue weighted by Crippen LogP contribution is -2.27. The molecule has 1 amide bonds. The minimum atomic E-state index is -4.54. The van der Waals surface area contributed by atoms with E-state index >= 15 is 0 Å². The summed E-state index contributed by atoms with van der Waals surface area (Å²) < 4.78 is 75.9. The number of alkyl halides is 6. The quantitative estimate of drug-likeness (QED) is 0.416. The molecule has 0 N–H and O–H groups in total. The van der Waals surface area contributed by atoms with E-state index in [2.05, 4.69) is 4.98 Å². The summed E-state index contributed by atoms with van der Waals surface area (Å²) in [6.07, 6.45) is -3.56. The van der Waals surface area contributed by atoms with Gasteiger partial charge in [0, 0.05) is 23.0 Å².